The van der Waals surface area contributed by atoms with Gasteiger partial charge in [-0.2, -0.15) is 13.2 Å². The van der Waals surface area contributed by atoms with Crippen molar-refractivity contribution in [3.63, 3.8) is 0 Å². The third-order valence-corrected chi connectivity index (χ3v) is 3.71. The lowest BCUT2D eigenvalue weighted by molar-refractivity contribution is -0.137. The predicted molar refractivity (Wildman–Crippen MR) is 73.8 cm³/mol. The second-order valence-corrected chi connectivity index (χ2v) is 5.33. The number of amides is 1. The molecule has 0 unspecified atom stereocenters. The van der Waals surface area contributed by atoms with Gasteiger partial charge in [0.1, 0.15) is 0 Å². The standard InChI is InChI=1S/C14H18F3N3O/c1-20-4-2-3-12(20)8-19-13(21)9-5-10(14(15,16)17)7-11(18)6-9/h5-7,12H,2-4,8,18H2,1H3,(H,19,21)/t12-/m1/s1. The van der Waals surface area contributed by atoms with Crippen LogP contribution >= 0.6 is 0 Å². The maximum Gasteiger partial charge on any atom is 0.416 e. The molecule has 1 fully saturated rings. The van der Waals surface area contributed by atoms with Crippen LogP contribution in [0.25, 0.3) is 0 Å². The van der Waals surface area contributed by atoms with Crippen molar-refractivity contribution in [3.8, 4) is 0 Å². The van der Waals surface area contributed by atoms with Gasteiger partial charge in [0, 0.05) is 23.8 Å². The topological polar surface area (TPSA) is 58.4 Å². The predicted octanol–water partition coefficient (Wildman–Crippen LogP) is 2.11. The van der Waals surface area contributed by atoms with Crippen LogP contribution in [0.15, 0.2) is 18.2 Å². The molecule has 1 aliphatic rings. The smallest absolute Gasteiger partial charge is 0.399 e. The van der Waals surface area contributed by atoms with E-state index < -0.39 is 17.6 Å². The third-order valence-electron chi connectivity index (χ3n) is 3.71. The van der Waals surface area contributed by atoms with Crippen LogP contribution in [0, 0.1) is 0 Å². The Kier molecular flexibility index (Phi) is 4.41. The lowest BCUT2D eigenvalue weighted by Crippen LogP contribution is -2.38. The van der Waals surface area contributed by atoms with Gasteiger partial charge in [0.05, 0.1) is 5.56 Å². The van der Waals surface area contributed by atoms with Crippen molar-refractivity contribution >= 4 is 11.6 Å². The first-order valence-corrected chi connectivity index (χ1v) is 6.73. The molecule has 0 radical (unpaired) electrons. The minimum absolute atomic E-state index is 0.0667. The SMILES string of the molecule is CN1CCC[C@@H]1CNC(=O)c1cc(N)cc(C(F)(F)F)c1. The van der Waals surface area contributed by atoms with Crippen LogP contribution in [-0.2, 0) is 6.18 Å². The number of benzene rings is 1. The van der Waals surface area contributed by atoms with E-state index in [2.05, 4.69) is 10.2 Å². The molecule has 1 aromatic rings. The zero-order valence-corrected chi connectivity index (χ0v) is 11.7. The molecule has 0 aliphatic carbocycles. The summed E-state index contributed by atoms with van der Waals surface area (Å²) in [6, 6.07) is 3.13. The second-order valence-electron chi connectivity index (χ2n) is 5.33. The quantitative estimate of drug-likeness (QED) is 0.841. The van der Waals surface area contributed by atoms with Gasteiger partial charge in [-0.15, -0.1) is 0 Å². The van der Waals surface area contributed by atoms with E-state index in [0.29, 0.717) is 6.54 Å². The molecule has 1 atom stereocenters. The van der Waals surface area contributed by atoms with Gasteiger partial charge in [0.15, 0.2) is 0 Å². The fraction of sp³-hybridized carbons (Fsp3) is 0.500. The number of likely N-dealkylation sites (tertiary alicyclic amines) is 1. The number of rotatable bonds is 3. The number of nitrogens with two attached hydrogens (primary N) is 1. The molecule has 0 bridgehead atoms. The van der Waals surface area contributed by atoms with Crippen molar-refractivity contribution in [1.29, 1.82) is 0 Å². The summed E-state index contributed by atoms with van der Waals surface area (Å²) in [7, 11) is 1.96. The Morgan fingerprint density at radius 1 is 1.43 bits per heavy atom. The second kappa shape index (κ2) is 5.93. The summed E-state index contributed by atoms with van der Waals surface area (Å²) in [6.07, 6.45) is -2.48. The van der Waals surface area contributed by atoms with E-state index in [1.54, 1.807) is 0 Å². The number of nitrogen functional groups attached to an aromatic ring is 1. The van der Waals surface area contributed by atoms with E-state index in [4.69, 9.17) is 5.73 Å². The van der Waals surface area contributed by atoms with Crippen molar-refractivity contribution in [2.24, 2.45) is 0 Å². The minimum Gasteiger partial charge on any atom is -0.399 e. The average Bonchev–Trinajstić information content (AvgIpc) is 2.79. The number of hydrogen-bond acceptors (Lipinski definition) is 3. The highest BCUT2D eigenvalue weighted by Crippen LogP contribution is 2.31. The molecule has 0 spiro atoms. The maximum absolute atomic E-state index is 12.7. The van der Waals surface area contributed by atoms with Crippen molar-refractivity contribution in [2.45, 2.75) is 25.1 Å². The highest BCUT2D eigenvalue weighted by Gasteiger charge is 2.31. The molecule has 1 amide bonds. The molecule has 7 heteroatoms. The van der Waals surface area contributed by atoms with Crippen LogP contribution in [0.5, 0.6) is 0 Å². The lowest BCUT2D eigenvalue weighted by Gasteiger charge is -2.19. The lowest BCUT2D eigenvalue weighted by atomic mass is 10.1. The molecule has 1 aromatic carbocycles. The van der Waals surface area contributed by atoms with E-state index in [1.807, 2.05) is 7.05 Å². The molecular weight excluding hydrogens is 283 g/mol. The minimum atomic E-state index is -4.52. The number of halogens is 3. The molecule has 1 heterocycles. The zero-order chi connectivity index (χ0) is 15.6. The Bertz CT molecular complexity index is 531. The summed E-state index contributed by atoms with van der Waals surface area (Å²) >= 11 is 0. The van der Waals surface area contributed by atoms with Crippen LogP contribution in [0.2, 0.25) is 0 Å². The first-order chi connectivity index (χ1) is 9.77. The van der Waals surface area contributed by atoms with E-state index in [0.717, 1.165) is 31.5 Å². The van der Waals surface area contributed by atoms with Crippen LogP contribution in [0.4, 0.5) is 18.9 Å². The molecule has 2 rings (SSSR count). The van der Waals surface area contributed by atoms with Crippen molar-refractivity contribution in [3.05, 3.63) is 29.3 Å². The first kappa shape index (κ1) is 15.6. The average molecular weight is 301 g/mol. The molecule has 3 N–H and O–H groups in total. The third kappa shape index (κ3) is 3.87. The Hall–Kier alpha value is -1.76. The number of carbonyl (C=O) groups is 1. The number of carbonyl (C=O) groups excluding carboxylic acids is 1. The summed E-state index contributed by atoms with van der Waals surface area (Å²) < 4.78 is 38.1. The van der Waals surface area contributed by atoms with Crippen molar-refractivity contribution in [2.75, 3.05) is 25.9 Å². The zero-order valence-electron chi connectivity index (χ0n) is 11.7. The number of nitrogens with one attached hydrogen (secondary N) is 1. The number of likely N-dealkylation sites (N-methyl/N-ethyl adjacent to an activating group) is 1. The highest BCUT2D eigenvalue weighted by molar-refractivity contribution is 5.95. The number of anilines is 1. The van der Waals surface area contributed by atoms with Gasteiger partial charge >= 0.3 is 6.18 Å². The fourth-order valence-corrected chi connectivity index (χ4v) is 2.50. The Labute approximate surface area is 121 Å². The summed E-state index contributed by atoms with van der Waals surface area (Å²) in [6.45, 7) is 1.39. The fourth-order valence-electron chi connectivity index (χ4n) is 2.50. The molecule has 0 saturated carbocycles. The number of hydrogen-bond donors (Lipinski definition) is 2. The molecule has 4 nitrogen and oxygen atoms in total. The monoisotopic (exact) mass is 301 g/mol. The molecular formula is C14H18F3N3O. The summed E-state index contributed by atoms with van der Waals surface area (Å²) in [5.74, 6) is -0.534. The van der Waals surface area contributed by atoms with Crippen LogP contribution in [-0.4, -0.2) is 37.0 Å². The van der Waals surface area contributed by atoms with Gasteiger partial charge in [0.2, 0.25) is 0 Å². The van der Waals surface area contributed by atoms with Crippen molar-refractivity contribution < 1.29 is 18.0 Å². The summed E-state index contributed by atoms with van der Waals surface area (Å²) in [5, 5.41) is 2.67. The van der Waals surface area contributed by atoms with E-state index >= 15 is 0 Å². The highest BCUT2D eigenvalue weighted by atomic mass is 19.4. The first-order valence-electron chi connectivity index (χ1n) is 6.73. The van der Waals surface area contributed by atoms with E-state index in [1.165, 1.54) is 6.07 Å². The van der Waals surface area contributed by atoms with Gasteiger partial charge in [-0.25, -0.2) is 0 Å². The molecule has 1 saturated heterocycles. The largest absolute Gasteiger partial charge is 0.416 e. The Balaban J connectivity index is 2.07. The van der Waals surface area contributed by atoms with E-state index in [9.17, 15) is 18.0 Å². The van der Waals surface area contributed by atoms with Crippen LogP contribution in [0.1, 0.15) is 28.8 Å². The number of nitrogens with zero attached hydrogens (tertiary/aromatic N) is 1. The molecule has 116 valence electrons. The van der Waals surface area contributed by atoms with Crippen molar-refractivity contribution in [1.82, 2.24) is 10.2 Å². The van der Waals surface area contributed by atoms with Crippen LogP contribution in [0.3, 0.4) is 0 Å². The summed E-state index contributed by atoms with van der Waals surface area (Å²) in [5.41, 5.74) is 4.39. The molecule has 1 aliphatic heterocycles. The van der Waals surface area contributed by atoms with Gasteiger partial charge in [-0.1, -0.05) is 0 Å². The number of alkyl halides is 3. The van der Waals surface area contributed by atoms with Gasteiger partial charge < -0.3 is 16.0 Å². The Morgan fingerprint density at radius 3 is 2.71 bits per heavy atom. The normalized spacial score (nSPS) is 19.7. The van der Waals surface area contributed by atoms with Crippen LogP contribution < -0.4 is 11.1 Å². The summed E-state index contributed by atoms with van der Waals surface area (Å²) in [4.78, 5) is 14.1. The van der Waals surface area contributed by atoms with Gasteiger partial charge in [-0.05, 0) is 44.6 Å². The van der Waals surface area contributed by atoms with Gasteiger partial charge in [0.25, 0.3) is 5.91 Å². The van der Waals surface area contributed by atoms with E-state index in [-0.39, 0.29) is 17.3 Å². The molecule has 21 heavy (non-hydrogen) atoms. The van der Waals surface area contributed by atoms with Gasteiger partial charge in [-0.3, -0.25) is 4.79 Å². The molecule has 0 aromatic heterocycles. The Morgan fingerprint density at radius 2 is 2.14 bits per heavy atom. The maximum atomic E-state index is 12.7.